The Morgan fingerprint density at radius 3 is 2.65 bits per heavy atom. The summed E-state index contributed by atoms with van der Waals surface area (Å²) < 4.78 is 38.8. The third-order valence-electron chi connectivity index (χ3n) is 3.88. The summed E-state index contributed by atoms with van der Waals surface area (Å²) in [4.78, 5) is 3.89. The van der Waals surface area contributed by atoms with Gasteiger partial charge in [-0.15, -0.1) is 0 Å². The van der Waals surface area contributed by atoms with Crippen molar-refractivity contribution in [2.24, 2.45) is 5.73 Å². The highest BCUT2D eigenvalue weighted by Gasteiger charge is 2.45. The van der Waals surface area contributed by atoms with Crippen LogP contribution in [0, 0.1) is 0 Å². The Bertz CT molecular complexity index is 257. The van der Waals surface area contributed by atoms with E-state index < -0.39 is 12.2 Å². The van der Waals surface area contributed by atoms with Gasteiger partial charge in [0.2, 0.25) is 0 Å². The third kappa shape index (κ3) is 2.92. The van der Waals surface area contributed by atoms with Crippen molar-refractivity contribution in [3.63, 3.8) is 0 Å². The van der Waals surface area contributed by atoms with E-state index in [1.807, 2.05) is 0 Å². The molecule has 6 heteroatoms. The van der Waals surface area contributed by atoms with E-state index in [0.717, 1.165) is 25.9 Å². The van der Waals surface area contributed by atoms with Crippen molar-refractivity contribution in [2.75, 3.05) is 32.7 Å². The predicted octanol–water partition coefficient (Wildman–Crippen LogP) is 1.05. The van der Waals surface area contributed by atoms with Crippen LogP contribution in [0.3, 0.4) is 0 Å². The summed E-state index contributed by atoms with van der Waals surface area (Å²) in [5.41, 5.74) is 5.30. The SMILES string of the molecule is NCCC(N1CCN2CCCC2C1)C(F)(F)F. The molecule has 3 nitrogen and oxygen atoms in total. The first-order valence-corrected chi connectivity index (χ1v) is 6.27. The van der Waals surface area contributed by atoms with Crippen molar-refractivity contribution in [1.29, 1.82) is 0 Å². The second-order valence-electron chi connectivity index (χ2n) is 4.96. The quantitative estimate of drug-likeness (QED) is 0.813. The van der Waals surface area contributed by atoms with Crippen LogP contribution >= 0.6 is 0 Å². The van der Waals surface area contributed by atoms with Crippen molar-refractivity contribution >= 4 is 0 Å². The van der Waals surface area contributed by atoms with E-state index in [4.69, 9.17) is 5.73 Å². The molecule has 0 radical (unpaired) electrons. The molecular weight excluding hydrogens is 231 g/mol. The Kier molecular flexibility index (Phi) is 3.95. The zero-order valence-electron chi connectivity index (χ0n) is 9.92. The van der Waals surface area contributed by atoms with Crippen LogP contribution in [0.4, 0.5) is 13.2 Å². The summed E-state index contributed by atoms with van der Waals surface area (Å²) in [6.07, 6.45) is -1.99. The van der Waals surface area contributed by atoms with Crippen molar-refractivity contribution in [3.8, 4) is 0 Å². The Morgan fingerprint density at radius 1 is 1.24 bits per heavy atom. The highest BCUT2D eigenvalue weighted by atomic mass is 19.4. The molecule has 0 aliphatic carbocycles. The number of rotatable bonds is 3. The number of nitrogens with zero attached hydrogens (tertiary/aromatic N) is 2. The Labute approximate surface area is 99.7 Å². The molecule has 100 valence electrons. The van der Waals surface area contributed by atoms with Gasteiger partial charge in [0.05, 0.1) is 0 Å². The monoisotopic (exact) mass is 251 g/mol. The summed E-state index contributed by atoms with van der Waals surface area (Å²) in [6.45, 7) is 2.97. The fourth-order valence-electron chi connectivity index (χ4n) is 3.01. The molecule has 2 heterocycles. The van der Waals surface area contributed by atoms with Gasteiger partial charge in [0.1, 0.15) is 6.04 Å². The maximum atomic E-state index is 12.9. The van der Waals surface area contributed by atoms with Crippen molar-refractivity contribution < 1.29 is 13.2 Å². The molecule has 0 aromatic rings. The molecule has 2 atom stereocenters. The maximum absolute atomic E-state index is 12.9. The Hall–Kier alpha value is -0.330. The van der Waals surface area contributed by atoms with E-state index >= 15 is 0 Å². The van der Waals surface area contributed by atoms with Gasteiger partial charge < -0.3 is 5.73 Å². The zero-order valence-corrected chi connectivity index (χ0v) is 9.92. The van der Waals surface area contributed by atoms with E-state index in [1.54, 1.807) is 4.90 Å². The Balaban J connectivity index is 1.99. The molecule has 2 aliphatic heterocycles. The Morgan fingerprint density at radius 2 is 2.00 bits per heavy atom. The van der Waals surface area contributed by atoms with Crippen LogP contribution in [0.25, 0.3) is 0 Å². The summed E-state index contributed by atoms with van der Waals surface area (Å²) in [5.74, 6) is 0. The van der Waals surface area contributed by atoms with E-state index in [0.29, 0.717) is 19.1 Å². The molecule has 2 rings (SSSR count). The van der Waals surface area contributed by atoms with Crippen LogP contribution < -0.4 is 5.73 Å². The summed E-state index contributed by atoms with van der Waals surface area (Å²) in [5, 5.41) is 0. The van der Waals surface area contributed by atoms with Gasteiger partial charge >= 0.3 is 6.18 Å². The molecular formula is C11H20F3N3. The molecule has 0 aromatic carbocycles. The summed E-state index contributed by atoms with van der Waals surface area (Å²) in [6, 6.07) is -1.03. The minimum atomic E-state index is -4.15. The van der Waals surface area contributed by atoms with Crippen LogP contribution in [0.15, 0.2) is 0 Å². The van der Waals surface area contributed by atoms with Gasteiger partial charge in [-0.05, 0) is 32.4 Å². The molecule has 0 bridgehead atoms. The number of piperazine rings is 1. The molecule has 2 N–H and O–H groups in total. The van der Waals surface area contributed by atoms with Crippen LogP contribution in [-0.4, -0.2) is 60.8 Å². The van der Waals surface area contributed by atoms with Crippen molar-refractivity contribution in [1.82, 2.24) is 9.80 Å². The molecule has 2 fully saturated rings. The number of nitrogens with two attached hydrogens (primary N) is 1. The number of hydrogen-bond donors (Lipinski definition) is 1. The molecule has 0 saturated carbocycles. The predicted molar refractivity (Wildman–Crippen MR) is 59.7 cm³/mol. The van der Waals surface area contributed by atoms with Gasteiger partial charge in [-0.3, -0.25) is 9.80 Å². The molecule has 0 spiro atoms. The summed E-state index contributed by atoms with van der Waals surface area (Å²) >= 11 is 0. The molecule has 2 saturated heterocycles. The van der Waals surface area contributed by atoms with E-state index in [1.165, 1.54) is 0 Å². The van der Waals surface area contributed by atoms with Crippen LogP contribution in [0.1, 0.15) is 19.3 Å². The highest BCUT2D eigenvalue weighted by Crippen LogP contribution is 2.30. The largest absolute Gasteiger partial charge is 0.404 e. The highest BCUT2D eigenvalue weighted by molar-refractivity contribution is 4.91. The van der Waals surface area contributed by atoms with Gasteiger partial charge in [0.15, 0.2) is 0 Å². The van der Waals surface area contributed by atoms with Crippen molar-refractivity contribution in [2.45, 2.75) is 37.5 Å². The molecule has 0 amide bonds. The van der Waals surface area contributed by atoms with Crippen molar-refractivity contribution in [3.05, 3.63) is 0 Å². The fraction of sp³-hybridized carbons (Fsp3) is 1.00. The average Bonchev–Trinajstić information content (AvgIpc) is 2.71. The number of fused-ring (bicyclic) bond motifs is 1. The molecule has 2 unspecified atom stereocenters. The standard InChI is InChI=1S/C11H20F3N3/c12-11(13,14)10(3-4-15)17-7-6-16-5-1-2-9(16)8-17/h9-10H,1-8,15H2. The first kappa shape index (κ1) is 13.1. The topological polar surface area (TPSA) is 32.5 Å². The molecule has 2 aliphatic rings. The lowest BCUT2D eigenvalue weighted by molar-refractivity contribution is -0.190. The van der Waals surface area contributed by atoms with Crippen LogP contribution in [-0.2, 0) is 0 Å². The second kappa shape index (κ2) is 5.12. The maximum Gasteiger partial charge on any atom is 0.404 e. The second-order valence-corrected chi connectivity index (χ2v) is 4.96. The molecule has 0 aromatic heterocycles. The van der Waals surface area contributed by atoms with Crippen LogP contribution in [0.2, 0.25) is 0 Å². The number of halogens is 3. The van der Waals surface area contributed by atoms with Gasteiger partial charge in [-0.1, -0.05) is 0 Å². The van der Waals surface area contributed by atoms with Gasteiger partial charge in [-0.2, -0.15) is 13.2 Å². The normalized spacial score (nSPS) is 29.3. The number of hydrogen-bond acceptors (Lipinski definition) is 3. The average molecular weight is 251 g/mol. The van der Waals surface area contributed by atoms with E-state index in [-0.39, 0.29) is 13.0 Å². The first-order valence-electron chi connectivity index (χ1n) is 6.27. The molecule has 17 heavy (non-hydrogen) atoms. The smallest absolute Gasteiger partial charge is 0.330 e. The minimum Gasteiger partial charge on any atom is -0.330 e. The van der Waals surface area contributed by atoms with Crippen LogP contribution in [0.5, 0.6) is 0 Å². The summed E-state index contributed by atoms with van der Waals surface area (Å²) in [7, 11) is 0. The van der Waals surface area contributed by atoms with E-state index in [9.17, 15) is 13.2 Å². The number of alkyl halides is 3. The minimum absolute atomic E-state index is 0.0101. The van der Waals surface area contributed by atoms with E-state index in [2.05, 4.69) is 4.90 Å². The van der Waals surface area contributed by atoms with Gasteiger partial charge in [0.25, 0.3) is 0 Å². The van der Waals surface area contributed by atoms with Gasteiger partial charge in [-0.25, -0.2) is 0 Å². The lowest BCUT2D eigenvalue weighted by Gasteiger charge is -2.42. The third-order valence-corrected chi connectivity index (χ3v) is 3.88. The first-order chi connectivity index (χ1) is 8.02. The fourth-order valence-corrected chi connectivity index (χ4v) is 3.01. The zero-order chi connectivity index (χ0) is 12.5. The lowest BCUT2D eigenvalue weighted by Crippen LogP contribution is -2.57. The van der Waals surface area contributed by atoms with Gasteiger partial charge in [0, 0.05) is 25.7 Å². The lowest BCUT2D eigenvalue weighted by atomic mass is 10.1.